The average molecular weight is 436 g/mol. The predicted octanol–water partition coefficient (Wildman–Crippen LogP) is 0.727. The lowest BCUT2D eigenvalue weighted by molar-refractivity contribution is 0.0620. The molecule has 0 aliphatic heterocycles. The van der Waals surface area contributed by atoms with E-state index in [-0.39, 0.29) is 6.07 Å². The van der Waals surface area contributed by atoms with Crippen molar-refractivity contribution in [3.8, 4) is 0 Å². The molecular weight excluding hydrogens is 428 g/mol. The number of carboxylic acid groups (broad SMARTS) is 7. The zero-order valence-electron chi connectivity index (χ0n) is 14.6. The van der Waals surface area contributed by atoms with Gasteiger partial charge in [0.15, 0.2) is 0 Å². The molecule has 0 aliphatic carbocycles. The summed E-state index contributed by atoms with van der Waals surface area (Å²) in [4.78, 5) is 82.0. The van der Waals surface area contributed by atoms with Gasteiger partial charge in [0, 0.05) is 10.8 Å². The van der Waals surface area contributed by atoms with Gasteiger partial charge in [-0.1, -0.05) is 0 Å². The molecule has 0 bridgehead atoms. The summed E-state index contributed by atoms with van der Waals surface area (Å²) in [7, 11) is 0. The van der Waals surface area contributed by atoms with Crippen LogP contribution in [0.3, 0.4) is 0 Å². The number of hydrogen-bond acceptors (Lipinski definition) is 7. The van der Waals surface area contributed by atoms with Gasteiger partial charge in [0.2, 0.25) is 0 Å². The van der Waals surface area contributed by atoms with Crippen LogP contribution in [0.1, 0.15) is 72.5 Å². The highest BCUT2D eigenvalue weighted by Crippen LogP contribution is 2.38. The molecule has 2 aromatic carbocycles. The Morgan fingerprint density at radius 3 is 1.00 bits per heavy atom. The molecule has 0 saturated heterocycles. The van der Waals surface area contributed by atoms with Crippen LogP contribution >= 0.6 is 0 Å². The van der Waals surface area contributed by atoms with Crippen molar-refractivity contribution in [3.05, 3.63) is 45.0 Å². The van der Waals surface area contributed by atoms with E-state index in [2.05, 4.69) is 0 Å². The number of carbonyl (C=O) groups is 7. The molecule has 0 amide bonds. The van der Waals surface area contributed by atoms with E-state index in [0.29, 0.717) is 0 Å². The third kappa shape index (κ3) is 3.33. The molecule has 0 fully saturated rings. The standard InChI is InChI=1S/C17H8O14/c18-11(19)2-1-3(12(20)21)5(13(22)23)6-4(2)7(14(24)25)9(16(28)29)10(17(30)31)8(6)15(26)27/h1H,(H,18,19)(H,20,21)(H,22,23)(H,24,25)(H,26,27)(H,28,29)(H,30,31). The smallest absolute Gasteiger partial charge is 0.337 e. The van der Waals surface area contributed by atoms with Gasteiger partial charge >= 0.3 is 41.8 Å². The molecule has 0 unspecified atom stereocenters. The van der Waals surface area contributed by atoms with Crippen LogP contribution in [0.25, 0.3) is 10.8 Å². The maximum absolute atomic E-state index is 11.8. The number of hydrogen-bond donors (Lipinski definition) is 7. The maximum Gasteiger partial charge on any atom is 0.337 e. The van der Waals surface area contributed by atoms with Gasteiger partial charge in [-0.05, 0) is 6.07 Å². The maximum atomic E-state index is 11.8. The minimum Gasteiger partial charge on any atom is -0.478 e. The van der Waals surface area contributed by atoms with Crippen molar-refractivity contribution >= 4 is 52.6 Å². The quantitative estimate of drug-likeness (QED) is 0.315. The van der Waals surface area contributed by atoms with Crippen molar-refractivity contribution in [3.63, 3.8) is 0 Å². The van der Waals surface area contributed by atoms with Crippen molar-refractivity contribution in [2.75, 3.05) is 0 Å². The molecule has 7 N–H and O–H groups in total. The van der Waals surface area contributed by atoms with Gasteiger partial charge in [0.05, 0.1) is 38.9 Å². The Morgan fingerprint density at radius 2 is 0.710 bits per heavy atom. The van der Waals surface area contributed by atoms with Gasteiger partial charge in [0.1, 0.15) is 0 Å². The molecule has 2 rings (SSSR count). The fourth-order valence-corrected chi connectivity index (χ4v) is 3.11. The molecule has 0 saturated carbocycles. The third-order valence-corrected chi connectivity index (χ3v) is 4.11. The second kappa shape index (κ2) is 7.43. The lowest BCUT2D eigenvalue weighted by Gasteiger charge is -2.18. The minimum atomic E-state index is -2.30. The SMILES string of the molecule is O=C(O)c1cc(C(=O)O)c2c(C(=O)O)c(C(=O)O)c(C(=O)O)c(C(=O)O)c2c1C(=O)O. The largest absolute Gasteiger partial charge is 0.478 e. The van der Waals surface area contributed by atoms with E-state index >= 15 is 0 Å². The molecular formula is C17H8O14. The molecule has 0 spiro atoms. The molecule has 0 aliphatic rings. The normalized spacial score (nSPS) is 10.5. The van der Waals surface area contributed by atoms with Gasteiger partial charge in [-0.2, -0.15) is 0 Å². The topological polar surface area (TPSA) is 261 Å². The van der Waals surface area contributed by atoms with Gasteiger partial charge in [0.25, 0.3) is 0 Å². The van der Waals surface area contributed by atoms with Gasteiger partial charge in [-0.15, -0.1) is 0 Å². The Kier molecular flexibility index (Phi) is 5.34. The van der Waals surface area contributed by atoms with E-state index in [0.717, 1.165) is 0 Å². The molecule has 0 radical (unpaired) electrons. The average Bonchev–Trinajstić information content (AvgIpc) is 2.62. The Balaban J connectivity index is 3.67. The van der Waals surface area contributed by atoms with Crippen molar-refractivity contribution < 1.29 is 69.3 Å². The molecule has 2 aromatic rings. The minimum absolute atomic E-state index is 0.209. The van der Waals surface area contributed by atoms with E-state index < -0.39 is 91.5 Å². The molecule has 0 atom stereocenters. The summed E-state index contributed by atoms with van der Waals surface area (Å²) in [6.07, 6.45) is 0. The first-order chi connectivity index (χ1) is 14.2. The summed E-state index contributed by atoms with van der Waals surface area (Å²) in [5, 5.41) is 63.3. The first kappa shape index (κ1) is 22.3. The monoisotopic (exact) mass is 436 g/mol. The van der Waals surface area contributed by atoms with Crippen molar-refractivity contribution in [2.45, 2.75) is 0 Å². The van der Waals surface area contributed by atoms with Gasteiger partial charge in [-0.25, -0.2) is 33.6 Å². The highest BCUT2D eigenvalue weighted by atomic mass is 16.4. The van der Waals surface area contributed by atoms with E-state index in [9.17, 15) is 69.3 Å². The van der Waals surface area contributed by atoms with E-state index in [4.69, 9.17) is 0 Å². The first-order valence-corrected chi connectivity index (χ1v) is 7.57. The summed E-state index contributed by atoms with van der Waals surface area (Å²) >= 11 is 0. The molecule has 14 nitrogen and oxygen atoms in total. The van der Waals surface area contributed by atoms with E-state index in [1.165, 1.54) is 0 Å². The lowest BCUT2D eigenvalue weighted by Crippen LogP contribution is -2.23. The van der Waals surface area contributed by atoms with Crippen LogP contribution in [0, 0.1) is 0 Å². The van der Waals surface area contributed by atoms with Crippen LogP contribution in [0.2, 0.25) is 0 Å². The zero-order chi connectivity index (χ0) is 23.9. The number of fused-ring (bicyclic) bond motifs is 1. The van der Waals surface area contributed by atoms with Crippen LogP contribution in [0.15, 0.2) is 6.07 Å². The fraction of sp³-hybridized carbons (Fsp3) is 0. The number of carboxylic acids is 7. The van der Waals surface area contributed by atoms with Crippen LogP contribution < -0.4 is 0 Å². The van der Waals surface area contributed by atoms with Crippen LogP contribution in [0.4, 0.5) is 0 Å². The fourth-order valence-electron chi connectivity index (χ4n) is 3.11. The second-order valence-electron chi connectivity index (χ2n) is 5.73. The Bertz CT molecular complexity index is 1270. The number of rotatable bonds is 7. The highest BCUT2D eigenvalue weighted by molar-refractivity contribution is 6.30. The van der Waals surface area contributed by atoms with Crippen LogP contribution in [-0.4, -0.2) is 77.5 Å². The number of benzene rings is 2. The van der Waals surface area contributed by atoms with Crippen LogP contribution in [-0.2, 0) is 0 Å². The molecule has 14 heteroatoms. The third-order valence-electron chi connectivity index (χ3n) is 4.11. The molecule has 0 heterocycles. The number of aromatic carboxylic acids is 7. The molecule has 31 heavy (non-hydrogen) atoms. The van der Waals surface area contributed by atoms with Crippen LogP contribution in [0.5, 0.6) is 0 Å². The lowest BCUT2D eigenvalue weighted by atomic mass is 9.82. The Hall–Kier alpha value is -5.01. The molecule has 0 aromatic heterocycles. The first-order valence-electron chi connectivity index (χ1n) is 7.57. The summed E-state index contributed by atoms with van der Waals surface area (Å²) in [6.45, 7) is 0. The van der Waals surface area contributed by atoms with E-state index in [1.54, 1.807) is 0 Å². The predicted molar refractivity (Wildman–Crippen MR) is 92.7 cm³/mol. The van der Waals surface area contributed by atoms with Crippen molar-refractivity contribution in [1.82, 2.24) is 0 Å². The van der Waals surface area contributed by atoms with E-state index in [1.807, 2.05) is 0 Å². The molecule has 160 valence electrons. The van der Waals surface area contributed by atoms with Gasteiger partial charge in [-0.3, -0.25) is 0 Å². The summed E-state index contributed by atoms with van der Waals surface area (Å²) < 4.78 is 0. The highest BCUT2D eigenvalue weighted by Gasteiger charge is 2.38. The Morgan fingerprint density at radius 1 is 0.387 bits per heavy atom. The second-order valence-corrected chi connectivity index (χ2v) is 5.73. The van der Waals surface area contributed by atoms with Gasteiger partial charge < -0.3 is 35.7 Å². The summed E-state index contributed by atoms with van der Waals surface area (Å²) in [5.74, 6) is -15.4. The van der Waals surface area contributed by atoms with Crippen molar-refractivity contribution in [1.29, 1.82) is 0 Å². The summed E-state index contributed by atoms with van der Waals surface area (Å²) in [6, 6.07) is 0.209. The zero-order valence-corrected chi connectivity index (χ0v) is 14.6. The van der Waals surface area contributed by atoms with Crippen molar-refractivity contribution in [2.24, 2.45) is 0 Å². The Labute approximate surface area is 167 Å². The summed E-state index contributed by atoms with van der Waals surface area (Å²) in [5.41, 5.74) is -10.5.